The number of hydrogen-bond donors (Lipinski definition) is 2. The number of nitrogen functional groups attached to an aromatic ring is 1. The minimum atomic E-state index is -0.187. The van der Waals surface area contributed by atoms with E-state index in [9.17, 15) is 4.79 Å². The highest BCUT2D eigenvalue weighted by molar-refractivity contribution is 6.31. The molecule has 0 aliphatic rings. The standard InChI is InChI=1S/C15H24ClN3O/c1-4-8-19(9-5-2)11(3)15(20)18-14-10-12(16)6-7-13(14)17/h6-7,10-11H,4-5,8-9,17H2,1-3H3,(H,18,20). The van der Waals surface area contributed by atoms with Crippen molar-refractivity contribution in [2.45, 2.75) is 39.7 Å². The Balaban J connectivity index is 2.75. The molecule has 1 atom stereocenters. The largest absolute Gasteiger partial charge is 0.397 e. The highest BCUT2D eigenvalue weighted by Crippen LogP contribution is 2.23. The Morgan fingerprint density at radius 2 is 1.95 bits per heavy atom. The number of nitrogens with two attached hydrogens (primary N) is 1. The van der Waals surface area contributed by atoms with Gasteiger partial charge in [0.05, 0.1) is 17.4 Å². The Morgan fingerprint density at radius 1 is 1.35 bits per heavy atom. The maximum atomic E-state index is 12.3. The van der Waals surface area contributed by atoms with E-state index in [4.69, 9.17) is 17.3 Å². The molecule has 0 radical (unpaired) electrons. The summed E-state index contributed by atoms with van der Waals surface area (Å²) in [6.07, 6.45) is 2.05. The molecule has 1 aromatic carbocycles. The predicted molar refractivity (Wildman–Crippen MR) is 86.1 cm³/mol. The van der Waals surface area contributed by atoms with Crippen LogP contribution in [0.4, 0.5) is 11.4 Å². The number of hydrogen-bond acceptors (Lipinski definition) is 3. The topological polar surface area (TPSA) is 58.4 Å². The maximum Gasteiger partial charge on any atom is 0.241 e. The van der Waals surface area contributed by atoms with Crippen LogP contribution in [0.15, 0.2) is 18.2 Å². The lowest BCUT2D eigenvalue weighted by molar-refractivity contribution is -0.120. The van der Waals surface area contributed by atoms with Crippen molar-refractivity contribution in [3.05, 3.63) is 23.2 Å². The van der Waals surface area contributed by atoms with Gasteiger partial charge in [0.2, 0.25) is 5.91 Å². The van der Waals surface area contributed by atoms with Crippen molar-refractivity contribution < 1.29 is 4.79 Å². The van der Waals surface area contributed by atoms with E-state index in [2.05, 4.69) is 24.1 Å². The molecule has 5 heteroatoms. The van der Waals surface area contributed by atoms with Gasteiger partial charge in [-0.3, -0.25) is 9.69 Å². The van der Waals surface area contributed by atoms with Gasteiger partial charge in [0.15, 0.2) is 0 Å². The van der Waals surface area contributed by atoms with E-state index in [1.165, 1.54) is 0 Å². The zero-order chi connectivity index (χ0) is 15.1. The summed E-state index contributed by atoms with van der Waals surface area (Å²) in [5.74, 6) is -0.0548. The highest BCUT2D eigenvalue weighted by Gasteiger charge is 2.20. The Labute approximate surface area is 126 Å². The van der Waals surface area contributed by atoms with E-state index in [1.807, 2.05) is 6.92 Å². The normalized spacial score (nSPS) is 12.4. The molecule has 112 valence electrons. The lowest BCUT2D eigenvalue weighted by Crippen LogP contribution is -2.42. The lowest BCUT2D eigenvalue weighted by atomic mass is 10.2. The van der Waals surface area contributed by atoms with Crippen molar-refractivity contribution in [2.24, 2.45) is 0 Å². The summed E-state index contributed by atoms with van der Waals surface area (Å²) in [5, 5.41) is 3.41. The number of amides is 1. The molecule has 0 saturated heterocycles. The predicted octanol–water partition coefficient (Wildman–Crippen LogP) is 3.37. The first kappa shape index (κ1) is 16.8. The second-order valence-electron chi connectivity index (χ2n) is 4.93. The number of anilines is 2. The third kappa shape index (κ3) is 4.69. The van der Waals surface area contributed by atoms with Gasteiger partial charge in [0.25, 0.3) is 0 Å². The number of nitrogens with zero attached hydrogens (tertiary/aromatic N) is 1. The Morgan fingerprint density at radius 3 is 2.50 bits per heavy atom. The van der Waals surface area contributed by atoms with Crippen molar-refractivity contribution >= 4 is 28.9 Å². The summed E-state index contributed by atoms with van der Waals surface area (Å²) in [6, 6.07) is 4.88. The SMILES string of the molecule is CCCN(CCC)C(C)C(=O)Nc1cc(Cl)ccc1N. The van der Waals surface area contributed by atoms with E-state index < -0.39 is 0 Å². The van der Waals surface area contributed by atoms with E-state index >= 15 is 0 Å². The summed E-state index contributed by atoms with van der Waals surface area (Å²) in [7, 11) is 0. The lowest BCUT2D eigenvalue weighted by Gasteiger charge is -2.27. The van der Waals surface area contributed by atoms with Crippen molar-refractivity contribution in [3.8, 4) is 0 Å². The highest BCUT2D eigenvalue weighted by atomic mass is 35.5. The van der Waals surface area contributed by atoms with Gasteiger partial charge in [-0.05, 0) is 51.1 Å². The minimum absolute atomic E-state index is 0.0548. The zero-order valence-corrected chi connectivity index (χ0v) is 13.2. The first-order valence-corrected chi connectivity index (χ1v) is 7.47. The van der Waals surface area contributed by atoms with Crippen LogP contribution in [0.2, 0.25) is 5.02 Å². The summed E-state index contributed by atoms with van der Waals surface area (Å²) in [5.41, 5.74) is 6.94. The molecule has 0 heterocycles. The smallest absolute Gasteiger partial charge is 0.241 e. The van der Waals surface area contributed by atoms with Crippen LogP contribution in [-0.2, 0) is 4.79 Å². The van der Waals surface area contributed by atoms with Gasteiger partial charge < -0.3 is 11.1 Å². The van der Waals surface area contributed by atoms with Crippen LogP contribution in [0, 0.1) is 0 Å². The first-order chi connectivity index (χ1) is 9.49. The van der Waals surface area contributed by atoms with Crippen LogP contribution in [-0.4, -0.2) is 29.9 Å². The van der Waals surface area contributed by atoms with Crippen LogP contribution in [0.25, 0.3) is 0 Å². The molecule has 0 bridgehead atoms. The number of carbonyl (C=O) groups is 1. The second kappa shape index (κ2) is 8.12. The maximum absolute atomic E-state index is 12.3. The molecule has 0 spiro atoms. The minimum Gasteiger partial charge on any atom is -0.397 e. The van der Waals surface area contributed by atoms with Gasteiger partial charge in [-0.15, -0.1) is 0 Å². The molecule has 0 saturated carbocycles. The summed E-state index contributed by atoms with van der Waals surface area (Å²) in [4.78, 5) is 14.5. The van der Waals surface area contributed by atoms with Crippen LogP contribution in [0.1, 0.15) is 33.6 Å². The number of halogens is 1. The van der Waals surface area contributed by atoms with Crippen LogP contribution in [0.5, 0.6) is 0 Å². The molecule has 0 aliphatic carbocycles. The molecular formula is C15H24ClN3O. The monoisotopic (exact) mass is 297 g/mol. The average Bonchev–Trinajstić information content (AvgIpc) is 2.41. The van der Waals surface area contributed by atoms with Crippen LogP contribution < -0.4 is 11.1 Å². The Hall–Kier alpha value is -1.26. The summed E-state index contributed by atoms with van der Waals surface area (Å²) in [6.45, 7) is 7.97. The fourth-order valence-corrected chi connectivity index (χ4v) is 2.29. The van der Waals surface area contributed by atoms with Gasteiger partial charge >= 0.3 is 0 Å². The third-order valence-corrected chi connectivity index (χ3v) is 3.46. The van der Waals surface area contributed by atoms with Gasteiger partial charge in [-0.2, -0.15) is 0 Å². The number of nitrogens with one attached hydrogen (secondary N) is 1. The third-order valence-electron chi connectivity index (χ3n) is 3.22. The Bertz CT molecular complexity index is 445. The van der Waals surface area contributed by atoms with Gasteiger partial charge in [-0.1, -0.05) is 25.4 Å². The Kier molecular flexibility index (Phi) is 6.82. The fourth-order valence-electron chi connectivity index (χ4n) is 2.11. The van der Waals surface area contributed by atoms with Crippen molar-refractivity contribution in [2.75, 3.05) is 24.1 Å². The molecule has 1 aromatic rings. The van der Waals surface area contributed by atoms with Crippen LogP contribution in [0.3, 0.4) is 0 Å². The molecule has 0 aliphatic heterocycles. The molecule has 1 unspecified atom stereocenters. The fraction of sp³-hybridized carbons (Fsp3) is 0.533. The zero-order valence-electron chi connectivity index (χ0n) is 12.4. The van der Waals surface area contributed by atoms with E-state index in [0.29, 0.717) is 16.4 Å². The van der Waals surface area contributed by atoms with Gasteiger partial charge in [0.1, 0.15) is 0 Å². The molecule has 0 fully saturated rings. The van der Waals surface area contributed by atoms with Crippen molar-refractivity contribution in [3.63, 3.8) is 0 Å². The number of rotatable bonds is 7. The average molecular weight is 298 g/mol. The van der Waals surface area contributed by atoms with Crippen LogP contribution >= 0.6 is 11.6 Å². The van der Waals surface area contributed by atoms with E-state index in [1.54, 1.807) is 18.2 Å². The second-order valence-corrected chi connectivity index (χ2v) is 5.37. The first-order valence-electron chi connectivity index (χ1n) is 7.09. The molecule has 4 nitrogen and oxygen atoms in total. The molecular weight excluding hydrogens is 274 g/mol. The number of carbonyl (C=O) groups excluding carboxylic acids is 1. The quantitative estimate of drug-likeness (QED) is 0.759. The van der Waals surface area contributed by atoms with E-state index in [0.717, 1.165) is 25.9 Å². The molecule has 3 N–H and O–H groups in total. The number of benzene rings is 1. The molecule has 1 rings (SSSR count). The van der Waals surface area contributed by atoms with Gasteiger partial charge in [-0.25, -0.2) is 0 Å². The van der Waals surface area contributed by atoms with Crippen molar-refractivity contribution in [1.82, 2.24) is 4.90 Å². The summed E-state index contributed by atoms with van der Waals surface area (Å²) < 4.78 is 0. The van der Waals surface area contributed by atoms with Crippen molar-refractivity contribution in [1.29, 1.82) is 0 Å². The van der Waals surface area contributed by atoms with E-state index in [-0.39, 0.29) is 11.9 Å². The molecule has 1 amide bonds. The molecule has 0 aromatic heterocycles. The summed E-state index contributed by atoms with van der Waals surface area (Å²) >= 11 is 5.92. The molecule has 20 heavy (non-hydrogen) atoms. The van der Waals surface area contributed by atoms with Gasteiger partial charge in [0, 0.05) is 5.02 Å².